The minimum absolute atomic E-state index is 0.0175. The Morgan fingerprint density at radius 1 is 1.10 bits per heavy atom. The molecule has 0 aliphatic heterocycles. The zero-order valence-corrected chi connectivity index (χ0v) is 18.1. The fourth-order valence-electron chi connectivity index (χ4n) is 2.74. The highest BCUT2D eigenvalue weighted by atomic mass is 79.9. The molecule has 8 heteroatoms. The molecule has 0 spiro atoms. The maximum atomic E-state index is 10.2. The van der Waals surface area contributed by atoms with Crippen molar-refractivity contribution in [2.75, 3.05) is 7.11 Å². The molecule has 0 unspecified atom stereocenters. The molecule has 3 aromatic carbocycles. The third-order valence-electron chi connectivity index (χ3n) is 4.18. The van der Waals surface area contributed by atoms with Gasteiger partial charge in [0.25, 0.3) is 0 Å². The Morgan fingerprint density at radius 2 is 1.93 bits per heavy atom. The minimum Gasteiger partial charge on any atom is -0.504 e. The molecule has 0 aliphatic carbocycles. The average molecular weight is 492 g/mol. The van der Waals surface area contributed by atoms with E-state index < -0.39 is 0 Å². The summed E-state index contributed by atoms with van der Waals surface area (Å²) in [6.07, 6.45) is 1.56. The maximum Gasteiger partial charge on any atom is 0.227 e. The van der Waals surface area contributed by atoms with Gasteiger partial charge >= 0.3 is 0 Å². The lowest BCUT2D eigenvalue weighted by molar-refractivity contribution is 0.373. The normalized spacial score (nSPS) is 11.4. The van der Waals surface area contributed by atoms with Crippen LogP contribution >= 0.6 is 39.1 Å². The number of nitrogens with zero attached hydrogens (tertiary/aromatic N) is 2. The number of aromatic hydroxyl groups is 1. The van der Waals surface area contributed by atoms with E-state index in [4.69, 9.17) is 32.4 Å². The fourth-order valence-corrected chi connectivity index (χ4v) is 3.49. The molecule has 0 atom stereocenters. The number of fused-ring (bicyclic) bond motifs is 1. The second-order valence-corrected chi connectivity index (χ2v) is 7.83. The zero-order valence-electron chi connectivity index (χ0n) is 15.0. The molecule has 0 bridgehead atoms. The summed E-state index contributed by atoms with van der Waals surface area (Å²) in [4.78, 5) is 8.94. The lowest BCUT2D eigenvalue weighted by atomic mass is 10.2. The van der Waals surface area contributed by atoms with Crippen LogP contribution in [0.5, 0.6) is 11.5 Å². The van der Waals surface area contributed by atoms with E-state index in [0.29, 0.717) is 44.0 Å². The lowest BCUT2D eigenvalue weighted by Crippen LogP contribution is -1.89. The lowest BCUT2D eigenvalue weighted by Gasteiger charge is -2.06. The molecular formula is C21H13BrCl2N2O3. The number of aliphatic imine (C=N–C) groups is 1. The van der Waals surface area contributed by atoms with E-state index in [0.717, 1.165) is 10.0 Å². The predicted octanol–water partition coefficient (Wildman–Crippen LogP) is 7.03. The van der Waals surface area contributed by atoms with E-state index in [9.17, 15) is 5.11 Å². The number of oxazole rings is 1. The van der Waals surface area contributed by atoms with Gasteiger partial charge in [0.1, 0.15) is 5.52 Å². The highest BCUT2D eigenvalue weighted by Gasteiger charge is 2.11. The Labute approximate surface area is 184 Å². The van der Waals surface area contributed by atoms with Crippen LogP contribution in [0.15, 0.2) is 62.4 Å². The van der Waals surface area contributed by atoms with Gasteiger partial charge in [0.2, 0.25) is 5.89 Å². The molecule has 0 radical (unpaired) electrons. The summed E-state index contributed by atoms with van der Waals surface area (Å²) in [5.41, 5.74) is 3.18. The molecule has 4 aromatic rings. The number of halogens is 3. The van der Waals surface area contributed by atoms with Crippen molar-refractivity contribution >= 4 is 62.1 Å². The Kier molecular flexibility index (Phi) is 5.50. The highest BCUT2D eigenvalue weighted by Crippen LogP contribution is 2.34. The van der Waals surface area contributed by atoms with Crippen molar-refractivity contribution in [2.24, 2.45) is 4.99 Å². The van der Waals surface area contributed by atoms with Crippen molar-refractivity contribution in [2.45, 2.75) is 0 Å². The summed E-state index contributed by atoms with van der Waals surface area (Å²) in [6.45, 7) is 0. The van der Waals surface area contributed by atoms with E-state index in [1.165, 1.54) is 7.11 Å². The van der Waals surface area contributed by atoms with Gasteiger partial charge in [-0.15, -0.1) is 0 Å². The van der Waals surface area contributed by atoms with Gasteiger partial charge in [-0.1, -0.05) is 39.1 Å². The third-order valence-corrected chi connectivity index (χ3v) is 5.38. The number of hydrogen-bond acceptors (Lipinski definition) is 5. The van der Waals surface area contributed by atoms with Gasteiger partial charge in [-0.3, -0.25) is 4.99 Å². The number of rotatable bonds is 4. The largest absolute Gasteiger partial charge is 0.504 e. The van der Waals surface area contributed by atoms with E-state index in [1.807, 2.05) is 0 Å². The SMILES string of the molecule is COc1cc(Br)cc(C=Nc2ccc3oc(-c4ccc(Cl)c(Cl)c4)nc3c2)c1O. The number of phenols is 1. The average Bonchev–Trinajstić information content (AvgIpc) is 3.13. The molecule has 1 N–H and O–H groups in total. The molecule has 5 nitrogen and oxygen atoms in total. The van der Waals surface area contributed by atoms with Gasteiger partial charge < -0.3 is 14.3 Å². The molecular weight excluding hydrogens is 479 g/mol. The number of ether oxygens (including phenoxy) is 1. The summed E-state index contributed by atoms with van der Waals surface area (Å²) in [5.74, 6) is 0.817. The second kappa shape index (κ2) is 8.06. The summed E-state index contributed by atoms with van der Waals surface area (Å²) in [7, 11) is 1.49. The van der Waals surface area contributed by atoms with E-state index in [-0.39, 0.29) is 5.75 Å². The van der Waals surface area contributed by atoms with Crippen LogP contribution in [-0.2, 0) is 0 Å². The molecule has 146 valence electrons. The smallest absolute Gasteiger partial charge is 0.227 e. The molecule has 0 fully saturated rings. The van der Waals surface area contributed by atoms with Crippen LogP contribution in [0.25, 0.3) is 22.6 Å². The van der Waals surface area contributed by atoms with Gasteiger partial charge in [0.15, 0.2) is 17.1 Å². The van der Waals surface area contributed by atoms with Crippen LogP contribution in [0, 0.1) is 0 Å². The predicted molar refractivity (Wildman–Crippen MR) is 119 cm³/mol. The molecule has 1 aromatic heterocycles. The quantitative estimate of drug-likeness (QED) is 0.311. The van der Waals surface area contributed by atoms with Gasteiger partial charge in [-0.2, -0.15) is 0 Å². The number of hydrogen-bond donors (Lipinski definition) is 1. The number of benzene rings is 3. The molecule has 0 amide bonds. The Morgan fingerprint density at radius 3 is 2.69 bits per heavy atom. The number of aromatic nitrogens is 1. The maximum absolute atomic E-state index is 10.2. The van der Waals surface area contributed by atoms with Crippen molar-refractivity contribution in [3.05, 3.63) is 68.6 Å². The Hall–Kier alpha value is -2.54. The van der Waals surface area contributed by atoms with Gasteiger partial charge in [-0.25, -0.2) is 4.98 Å². The first-order valence-electron chi connectivity index (χ1n) is 8.41. The van der Waals surface area contributed by atoms with Crippen molar-refractivity contribution < 1.29 is 14.3 Å². The van der Waals surface area contributed by atoms with Gasteiger partial charge in [0.05, 0.1) is 22.8 Å². The summed E-state index contributed by atoms with van der Waals surface area (Å²) in [5, 5.41) is 11.1. The molecule has 29 heavy (non-hydrogen) atoms. The van der Waals surface area contributed by atoms with Crippen LogP contribution in [0.4, 0.5) is 5.69 Å². The van der Waals surface area contributed by atoms with Crippen LogP contribution in [0.3, 0.4) is 0 Å². The number of phenolic OH excluding ortho intramolecular Hbond substituents is 1. The fraction of sp³-hybridized carbons (Fsp3) is 0.0476. The van der Waals surface area contributed by atoms with Crippen LogP contribution in [0.2, 0.25) is 10.0 Å². The Balaban J connectivity index is 1.67. The van der Waals surface area contributed by atoms with Crippen LogP contribution in [-0.4, -0.2) is 23.4 Å². The van der Waals surface area contributed by atoms with Crippen molar-refractivity contribution in [3.63, 3.8) is 0 Å². The highest BCUT2D eigenvalue weighted by molar-refractivity contribution is 9.10. The molecule has 0 aliphatic rings. The minimum atomic E-state index is 0.0175. The summed E-state index contributed by atoms with van der Waals surface area (Å²) >= 11 is 15.4. The van der Waals surface area contributed by atoms with Crippen LogP contribution in [0.1, 0.15) is 5.56 Å². The van der Waals surface area contributed by atoms with Crippen molar-refractivity contribution in [1.82, 2.24) is 4.98 Å². The molecule has 0 saturated carbocycles. The number of methoxy groups -OCH3 is 1. The van der Waals surface area contributed by atoms with Gasteiger partial charge in [-0.05, 0) is 48.5 Å². The van der Waals surface area contributed by atoms with Crippen molar-refractivity contribution in [1.29, 1.82) is 0 Å². The summed E-state index contributed by atoms with van der Waals surface area (Å²) < 4.78 is 11.7. The van der Waals surface area contributed by atoms with Gasteiger partial charge in [0, 0.05) is 21.8 Å². The van der Waals surface area contributed by atoms with E-state index in [1.54, 1.807) is 54.7 Å². The van der Waals surface area contributed by atoms with E-state index >= 15 is 0 Å². The monoisotopic (exact) mass is 490 g/mol. The molecule has 4 rings (SSSR count). The summed E-state index contributed by atoms with van der Waals surface area (Å²) in [6, 6.07) is 14.0. The molecule has 0 saturated heterocycles. The first kappa shape index (κ1) is 19.8. The van der Waals surface area contributed by atoms with E-state index in [2.05, 4.69) is 25.9 Å². The third kappa shape index (κ3) is 4.10. The zero-order chi connectivity index (χ0) is 20.5. The van der Waals surface area contributed by atoms with Crippen molar-refractivity contribution in [3.8, 4) is 23.0 Å². The first-order chi connectivity index (χ1) is 13.9. The second-order valence-electron chi connectivity index (χ2n) is 6.10. The first-order valence-corrected chi connectivity index (χ1v) is 9.96. The standard InChI is InChI=1S/C21H13BrCl2N2O3/c1-28-19-8-13(22)6-12(20(19)27)10-25-14-3-5-18-17(9-14)26-21(29-18)11-2-4-15(23)16(24)7-11/h2-10,27H,1H3. The molecule has 1 heterocycles. The van der Waals surface area contributed by atoms with Crippen LogP contribution < -0.4 is 4.74 Å². The topological polar surface area (TPSA) is 67.9 Å². The Bertz CT molecular complexity index is 1250.